The average Bonchev–Trinajstić information content (AvgIpc) is 2.76. The lowest BCUT2D eigenvalue weighted by atomic mass is 10.00. The number of carbonyl (C=O) groups is 3. The Morgan fingerprint density at radius 3 is 2.16 bits per heavy atom. The lowest BCUT2D eigenvalue weighted by Gasteiger charge is -2.40. The number of piperidine rings is 1. The number of hydrogen-bond acceptors (Lipinski definition) is 5. The van der Waals surface area contributed by atoms with Crippen LogP contribution in [0, 0.1) is 5.92 Å². The highest BCUT2D eigenvalue weighted by Crippen LogP contribution is 2.33. The summed E-state index contributed by atoms with van der Waals surface area (Å²) >= 11 is 0. The summed E-state index contributed by atoms with van der Waals surface area (Å²) in [7, 11) is 0. The van der Waals surface area contributed by atoms with Crippen molar-refractivity contribution in [1.29, 1.82) is 0 Å². The average molecular weight is 531 g/mol. The zero-order valence-corrected chi connectivity index (χ0v) is 21.9. The number of alkyl halides is 3. The summed E-state index contributed by atoms with van der Waals surface area (Å²) in [5, 5.41) is 15.6. The monoisotopic (exact) mass is 530 g/mol. The molecule has 1 fully saturated rings. The van der Waals surface area contributed by atoms with Gasteiger partial charge in [-0.05, 0) is 51.2 Å². The molecule has 0 aliphatic carbocycles. The number of rotatable bonds is 7. The van der Waals surface area contributed by atoms with E-state index in [9.17, 15) is 27.6 Å². The third-order valence-electron chi connectivity index (χ3n) is 5.23. The maximum Gasteiger partial charge on any atom is 0.416 e. The predicted octanol–water partition coefficient (Wildman–Crippen LogP) is 5.27. The van der Waals surface area contributed by atoms with E-state index in [0.717, 1.165) is 18.9 Å². The van der Waals surface area contributed by atoms with Gasteiger partial charge in [-0.15, -0.1) is 0 Å². The molecule has 0 saturated carbocycles. The second-order valence-electron chi connectivity index (χ2n) is 10.2. The van der Waals surface area contributed by atoms with E-state index in [0.29, 0.717) is 37.7 Å². The van der Waals surface area contributed by atoms with E-state index < -0.39 is 29.3 Å². The Hall–Kier alpha value is -3.08. The number of carboxylic acid groups (broad SMARTS) is 2. The molecule has 0 unspecified atom stereocenters. The summed E-state index contributed by atoms with van der Waals surface area (Å²) in [6.07, 6.45) is -1.97. The Kier molecular flexibility index (Phi) is 12.1. The van der Waals surface area contributed by atoms with Crippen molar-refractivity contribution in [2.75, 3.05) is 19.6 Å². The summed E-state index contributed by atoms with van der Waals surface area (Å²) < 4.78 is 45.8. The van der Waals surface area contributed by atoms with Crippen LogP contribution in [0.2, 0.25) is 0 Å². The minimum atomic E-state index is -4.38. The Morgan fingerprint density at radius 1 is 1.11 bits per heavy atom. The lowest BCUT2D eigenvalue weighted by molar-refractivity contribution is -0.138. The molecular formula is C26H37F3N2O6. The maximum absolute atomic E-state index is 13.4. The van der Waals surface area contributed by atoms with E-state index in [2.05, 4.69) is 18.7 Å². The van der Waals surface area contributed by atoms with Gasteiger partial charge in [0.15, 0.2) is 0 Å². The maximum atomic E-state index is 13.4. The van der Waals surface area contributed by atoms with Crippen LogP contribution >= 0.6 is 0 Å². The zero-order valence-electron chi connectivity index (χ0n) is 21.9. The molecule has 8 nitrogen and oxygen atoms in total. The fourth-order valence-electron chi connectivity index (χ4n) is 3.85. The second-order valence-corrected chi connectivity index (χ2v) is 10.2. The van der Waals surface area contributed by atoms with Crippen LogP contribution in [0.4, 0.5) is 18.0 Å². The number of halogens is 3. The molecule has 1 aromatic rings. The molecular weight excluding hydrogens is 493 g/mol. The van der Waals surface area contributed by atoms with Crippen molar-refractivity contribution < 1.29 is 42.5 Å². The van der Waals surface area contributed by atoms with Gasteiger partial charge in [0.05, 0.1) is 5.56 Å². The molecule has 1 atom stereocenters. The van der Waals surface area contributed by atoms with Gasteiger partial charge in [0.25, 0.3) is 0 Å². The molecule has 208 valence electrons. The van der Waals surface area contributed by atoms with Gasteiger partial charge in [0, 0.05) is 44.4 Å². The van der Waals surface area contributed by atoms with Gasteiger partial charge in [-0.2, -0.15) is 13.2 Å². The summed E-state index contributed by atoms with van der Waals surface area (Å²) in [4.78, 5) is 35.4. The number of aliphatic carboxylic acids is 2. The first-order valence-electron chi connectivity index (χ1n) is 12.0. The fourth-order valence-corrected chi connectivity index (χ4v) is 3.85. The van der Waals surface area contributed by atoms with E-state index in [1.165, 1.54) is 6.07 Å². The molecule has 0 radical (unpaired) electrons. The number of carboxylic acids is 2. The normalized spacial score (nSPS) is 16.5. The molecule has 1 heterocycles. The molecule has 0 aromatic heterocycles. The lowest BCUT2D eigenvalue weighted by Crippen LogP contribution is -2.51. The van der Waals surface area contributed by atoms with E-state index in [4.69, 9.17) is 14.9 Å². The standard InChI is InChI=1S/C22H33F3N2O2.C4H4O4/c1-16(2)13-27(14-17-9-6-7-11-19(17)22(23,24)25)18-10-8-12-26(15-18)20(28)29-21(3,4)5;5-3(6)1-2-4(7)8/h6-7,9,11,16,18H,8,10,12-15H2,1-5H3;1-2H,(H,5,6)(H,7,8)/t18-;/m0./s1. The second kappa shape index (κ2) is 14.0. The Balaban J connectivity index is 0.000000738. The molecule has 1 amide bonds. The third-order valence-corrected chi connectivity index (χ3v) is 5.23. The van der Waals surface area contributed by atoms with Crippen molar-refractivity contribution in [2.24, 2.45) is 5.92 Å². The minimum absolute atomic E-state index is 0.0000387. The quantitative estimate of drug-likeness (QED) is 0.462. The largest absolute Gasteiger partial charge is 0.478 e. The first kappa shape index (κ1) is 31.9. The Morgan fingerprint density at radius 2 is 1.68 bits per heavy atom. The highest BCUT2D eigenvalue weighted by atomic mass is 19.4. The summed E-state index contributed by atoms with van der Waals surface area (Å²) in [5.74, 6) is -2.22. The van der Waals surface area contributed by atoms with Crippen LogP contribution in [-0.4, -0.2) is 69.3 Å². The molecule has 2 rings (SSSR count). The summed E-state index contributed by atoms with van der Waals surface area (Å²) in [6.45, 7) is 11.5. The summed E-state index contributed by atoms with van der Waals surface area (Å²) in [6, 6.07) is 5.75. The number of nitrogens with zero attached hydrogens (tertiary/aromatic N) is 2. The molecule has 1 aliphatic heterocycles. The van der Waals surface area contributed by atoms with Crippen LogP contribution in [0.3, 0.4) is 0 Å². The first-order valence-corrected chi connectivity index (χ1v) is 12.0. The number of hydrogen-bond donors (Lipinski definition) is 2. The fraction of sp³-hybridized carbons (Fsp3) is 0.577. The first-order chi connectivity index (χ1) is 17.0. The van der Waals surface area contributed by atoms with Crippen LogP contribution in [0.25, 0.3) is 0 Å². The predicted molar refractivity (Wildman–Crippen MR) is 132 cm³/mol. The number of amides is 1. The minimum Gasteiger partial charge on any atom is -0.478 e. The van der Waals surface area contributed by atoms with E-state index in [1.807, 2.05) is 20.8 Å². The SMILES string of the molecule is CC(C)CN(Cc1ccccc1C(F)(F)F)[C@H]1CCCN(C(=O)OC(C)(C)C)C1.O=C(O)C=CC(=O)O. The molecule has 0 spiro atoms. The molecule has 11 heteroatoms. The van der Waals surface area contributed by atoms with Gasteiger partial charge in [-0.25, -0.2) is 14.4 Å². The molecule has 1 aromatic carbocycles. The van der Waals surface area contributed by atoms with Gasteiger partial charge in [0.1, 0.15) is 5.60 Å². The van der Waals surface area contributed by atoms with E-state index >= 15 is 0 Å². The van der Waals surface area contributed by atoms with Gasteiger partial charge < -0.3 is 19.8 Å². The Bertz CT molecular complexity index is 925. The molecule has 1 aliphatic rings. The Labute approximate surface area is 215 Å². The van der Waals surface area contributed by atoms with Crippen molar-refractivity contribution in [3.05, 3.63) is 47.5 Å². The van der Waals surface area contributed by atoms with Crippen molar-refractivity contribution in [3.8, 4) is 0 Å². The number of carbonyl (C=O) groups excluding carboxylic acids is 1. The van der Waals surface area contributed by atoms with Crippen LogP contribution in [0.5, 0.6) is 0 Å². The van der Waals surface area contributed by atoms with Crippen molar-refractivity contribution >= 4 is 18.0 Å². The number of likely N-dealkylation sites (tertiary alicyclic amines) is 1. The van der Waals surface area contributed by atoms with Gasteiger partial charge in [-0.1, -0.05) is 32.0 Å². The third kappa shape index (κ3) is 12.6. The zero-order chi connectivity index (χ0) is 28.4. The van der Waals surface area contributed by atoms with E-state index in [1.54, 1.807) is 17.0 Å². The van der Waals surface area contributed by atoms with Crippen LogP contribution in [-0.2, 0) is 27.0 Å². The van der Waals surface area contributed by atoms with Crippen molar-refractivity contribution in [1.82, 2.24) is 9.80 Å². The molecule has 37 heavy (non-hydrogen) atoms. The topological polar surface area (TPSA) is 107 Å². The molecule has 0 bridgehead atoms. The van der Waals surface area contributed by atoms with Gasteiger partial charge in [0.2, 0.25) is 0 Å². The number of ether oxygens (including phenoxy) is 1. The van der Waals surface area contributed by atoms with Crippen LogP contribution in [0.1, 0.15) is 58.6 Å². The van der Waals surface area contributed by atoms with Gasteiger partial charge in [-0.3, -0.25) is 4.90 Å². The molecule has 2 N–H and O–H groups in total. The van der Waals surface area contributed by atoms with Crippen molar-refractivity contribution in [3.63, 3.8) is 0 Å². The van der Waals surface area contributed by atoms with Crippen LogP contribution < -0.4 is 0 Å². The van der Waals surface area contributed by atoms with Crippen LogP contribution in [0.15, 0.2) is 36.4 Å². The highest BCUT2D eigenvalue weighted by molar-refractivity contribution is 5.89. The number of benzene rings is 1. The smallest absolute Gasteiger partial charge is 0.416 e. The summed E-state index contributed by atoms with van der Waals surface area (Å²) in [5.41, 5.74) is -0.892. The highest BCUT2D eigenvalue weighted by Gasteiger charge is 2.35. The van der Waals surface area contributed by atoms with E-state index in [-0.39, 0.29) is 24.2 Å². The van der Waals surface area contributed by atoms with Crippen molar-refractivity contribution in [2.45, 2.75) is 71.8 Å². The van der Waals surface area contributed by atoms with Gasteiger partial charge >= 0.3 is 24.2 Å². The molecule has 1 saturated heterocycles.